The minimum atomic E-state index is -3.66. The van der Waals surface area contributed by atoms with Crippen LogP contribution in [0.5, 0.6) is 11.5 Å². The van der Waals surface area contributed by atoms with E-state index in [0.717, 1.165) is 5.56 Å². The Bertz CT molecular complexity index is 788. The first-order valence-corrected chi connectivity index (χ1v) is 9.05. The van der Waals surface area contributed by atoms with Gasteiger partial charge in [-0.1, -0.05) is 30.3 Å². The van der Waals surface area contributed by atoms with E-state index in [4.69, 9.17) is 14.2 Å². The number of hydrogen-bond acceptors (Lipinski definition) is 5. The van der Waals surface area contributed by atoms with Crippen LogP contribution in [0.15, 0.2) is 53.4 Å². The first-order chi connectivity index (χ1) is 11.6. The van der Waals surface area contributed by atoms with Gasteiger partial charge in [-0.3, -0.25) is 0 Å². The molecular formula is C17H19NO5S. The fraction of sp³-hybridized carbons (Fsp3) is 0.294. The van der Waals surface area contributed by atoms with E-state index >= 15 is 0 Å². The van der Waals surface area contributed by atoms with Gasteiger partial charge in [-0.15, -0.1) is 0 Å². The van der Waals surface area contributed by atoms with Gasteiger partial charge >= 0.3 is 0 Å². The minimum Gasteiger partial charge on any atom is -0.491 e. The topological polar surface area (TPSA) is 77.2 Å². The highest BCUT2D eigenvalue weighted by molar-refractivity contribution is 7.89. The smallest absolute Gasteiger partial charge is 0.244 e. The number of sulfonamides is 1. The van der Waals surface area contributed by atoms with Crippen molar-refractivity contribution < 1.29 is 22.6 Å². The van der Waals surface area contributed by atoms with E-state index in [1.807, 2.05) is 30.3 Å². The van der Waals surface area contributed by atoms with E-state index in [1.165, 1.54) is 13.1 Å². The van der Waals surface area contributed by atoms with Gasteiger partial charge in [-0.2, -0.15) is 0 Å². The summed E-state index contributed by atoms with van der Waals surface area (Å²) >= 11 is 0. The summed E-state index contributed by atoms with van der Waals surface area (Å²) in [7, 11) is -2.30. The Labute approximate surface area is 141 Å². The van der Waals surface area contributed by atoms with Crippen molar-refractivity contribution in [3.05, 3.63) is 54.1 Å². The van der Waals surface area contributed by atoms with Gasteiger partial charge in [0.25, 0.3) is 0 Å². The van der Waals surface area contributed by atoms with Crippen LogP contribution in [0.1, 0.15) is 5.56 Å². The van der Waals surface area contributed by atoms with Gasteiger partial charge in [-0.25, -0.2) is 13.1 Å². The Hall–Kier alpha value is -2.09. The van der Waals surface area contributed by atoms with Crippen LogP contribution >= 0.6 is 0 Å². The highest BCUT2D eigenvalue weighted by atomic mass is 32.2. The second-order valence-corrected chi connectivity index (χ2v) is 7.21. The highest BCUT2D eigenvalue weighted by Gasteiger charge is 2.24. The van der Waals surface area contributed by atoms with E-state index in [0.29, 0.717) is 19.0 Å². The first kappa shape index (κ1) is 16.8. The van der Waals surface area contributed by atoms with Crippen LogP contribution in [-0.4, -0.2) is 34.8 Å². The van der Waals surface area contributed by atoms with Crippen molar-refractivity contribution in [2.45, 2.75) is 17.6 Å². The van der Waals surface area contributed by atoms with Gasteiger partial charge in [0.05, 0.1) is 6.61 Å². The molecule has 1 fully saturated rings. The molecule has 0 spiro atoms. The molecule has 6 nitrogen and oxygen atoms in total. The van der Waals surface area contributed by atoms with Gasteiger partial charge in [-0.05, 0) is 24.7 Å². The first-order valence-electron chi connectivity index (χ1n) is 7.57. The zero-order chi connectivity index (χ0) is 17.0. The zero-order valence-corrected chi connectivity index (χ0v) is 14.1. The molecule has 2 aromatic carbocycles. The molecule has 1 aliphatic rings. The molecule has 0 unspecified atom stereocenters. The molecule has 0 bridgehead atoms. The number of rotatable bonds is 8. The van der Waals surface area contributed by atoms with Crippen molar-refractivity contribution in [2.24, 2.45) is 0 Å². The summed E-state index contributed by atoms with van der Waals surface area (Å²) in [6.45, 7) is 1.37. The fourth-order valence-corrected chi connectivity index (χ4v) is 2.99. The average Bonchev–Trinajstić information content (AvgIpc) is 3.44. The summed E-state index contributed by atoms with van der Waals surface area (Å²) in [4.78, 5) is 0.0511. The zero-order valence-electron chi connectivity index (χ0n) is 13.3. The number of epoxide rings is 1. The molecule has 24 heavy (non-hydrogen) atoms. The van der Waals surface area contributed by atoms with Crippen LogP contribution in [0, 0.1) is 0 Å². The van der Waals surface area contributed by atoms with Gasteiger partial charge < -0.3 is 14.2 Å². The summed E-state index contributed by atoms with van der Waals surface area (Å²) in [6.07, 6.45) is 0.100. The van der Waals surface area contributed by atoms with E-state index in [9.17, 15) is 8.42 Å². The van der Waals surface area contributed by atoms with Gasteiger partial charge in [0.15, 0.2) is 0 Å². The van der Waals surface area contributed by atoms with Crippen molar-refractivity contribution in [2.75, 3.05) is 20.3 Å². The number of ether oxygens (including phenoxy) is 3. The Morgan fingerprint density at radius 3 is 2.58 bits per heavy atom. The van der Waals surface area contributed by atoms with Crippen molar-refractivity contribution in [1.82, 2.24) is 4.72 Å². The van der Waals surface area contributed by atoms with Gasteiger partial charge in [0, 0.05) is 6.07 Å². The number of nitrogens with one attached hydrogen (secondary N) is 1. The average molecular weight is 349 g/mol. The number of hydrogen-bond donors (Lipinski definition) is 1. The molecule has 128 valence electrons. The number of benzene rings is 2. The van der Waals surface area contributed by atoms with Crippen LogP contribution in [0.2, 0.25) is 0 Å². The molecule has 3 rings (SSSR count). The molecular weight excluding hydrogens is 330 g/mol. The molecule has 0 aliphatic carbocycles. The second-order valence-electron chi connectivity index (χ2n) is 5.36. The Morgan fingerprint density at radius 2 is 1.92 bits per heavy atom. The largest absolute Gasteiger partial charge is 0.491 e. The van der Waals surface area contributed by atoms with Crippen molar-refractivity contribution >= 4 is 10.0 Å². The summed E-state index contributed by atoms with van der Waals surface area (Å²) in [5.41, 5.74) is 0.955. The maximum atomic E-state index is 12.3. The Morgan fingerprint density at radius 1 is 1.17 bits per heavy atom. The summed E-state index contributed by atoms with van der Waals surface area (Å²) in [6, 6.07) is 14.3. The van der Waals surface area contributed by atoms with Crippen molar-refractivity contribution in [1.29, 1.82) is 0 Å². The van der Waals surface area contributed by atoms with E-state index < -0.39 is 10.0 Å². The molecule has 1 saturated heterocycles. The molecule has 0 aromatic heterocycles. The van der Waals surface area contributed by atoms with Gasteiger partial charge in [0.1, 0.15) is 35.7 Å². The van der Waals surface area contributed by atoms with E-state index in [-0.39, 0.29) is 23.4 Å². The molecule has 1 heterocycles. The third-order valence-corrected chi connectivity index (χ3v) is 4.98. The molecule has 1 atom stereocenters. The lowest BCUT2D eigenvalue weighted by atomic mass is 10.2. The third-order valence-electron chi connectivity index (χ3n) is 3.55. The maximum Gasteiger partial charge on any atom is 0.244 e. The SMILES string of the molecule is CNS(=O)(=O)c1cc(OC[C@H]2CO2)ccc1OCc1ccccc1. The predicted octanol–water partition coefficient (Wildman–Crippen LogP) is 1.95. The lowest BCUT2D eigenvalue weighted by molar-refractivity contribution is 0.260. The predicted molar refractivity (Wildman–Crippen MR) is 88.7 cm³/mol. The Kier molecular flexibility index (Phi) is 5.03. The van der Waals surface area contributed by atoms with Crippen LogP contribution < -0.4 is 14.2 Å². The fourth-order valence-electron chi connectivity index (χ4n) is 2.11. The molecule has 0 saturated carbocycles. The molecule has 2 aromatic rings. The lowest BCUT2D eigenvalue weighted by Gasteiger charge is -2.13. The molecule has 7 heteroatoms. The maximum absolute atomic E-state index is 12.3. The third kappa shape index (κ3) is 4.25. The van der Waals surface area contributed by atoms with Crippen molar-refractivity contribution in [3.63, 3.8) is 0 Å². The van der Waals surface area contributed by atoms with Crippen LogP contribution in [0.3, 0.4) is 0 Å². The quantitative estimate of drug-likeness (QED) is 0.737. The van der Waals surface area contributed by atoms with Crippen LogP contribution in [0.4, 0.5) is 0 Å². The van der Waals surface area contributed by atoms with E-state index in [1.54, 1.807) is 12.1 Å². The standard InChI is InChI=1S/C17H19NO5S/c1-18-24(19,20)17-9-14(21-11-15-12-22-15)7-8-16(17)23-10-13-5-3-2-4-6-13/h2-9,15,18H,10-12H2,1H3/t15-/m0/s1. The molecule has 0 amide bonds. The monoisotopic (exact) mass is 349 g/mol. The highest BCUT2D eigenvalue weighted by Crippen LogP contribution is 2.29. The van der Waals surface area contributed by atoms with Crippen molar-refractivity contribution in [3.8, 4) is 11.5 Å². The second kappa shape index (κ2) is 7.21. The molecule has 1 aliphatic heterocycles. The normalized spacial score (nSPS) is 16.6. The summed E-state index contributed by atoms with van der Waals surface area (Å²) < 4.78 is 43.2. The lowest BCUT2D eigenvalue weighted by Crippen LogP contribution is -2.19. The summed E-state index contributed by atoms with van der Waals surface area (Å²) in [5, 5.41) is 0. The summed E-state index contributed by atoms with van der Waals surface area (Å²) in [5.74, 6) is 0.745. The van der Waals surface area contributed by atoms with Crippen LogP contribution in [-0.2, 0) is 21.4 Å². The van der Waals surface area contributed by atoms with E-state index in [2.05, 4.69) is 4.72 Å². The van der Waals surface area contributed by atoms with Crippen LogP contribution in [0.25, 0.3) is 0 Å². The minimum absolute atomic E-state index is 0.0511. The van der Waals surface area contributed by atoms with Gasteiger partial charge in [0.2, 0.25) is 10.0 Å². The molecule has 1 N–H and O–H groups in total. The Balaban J connectivity index is 1.80. The molecule has 0 radical (unpaired) electrons.